The zero-order valence-electron chi connectivity index (χ0n) is 27.3. The molecule has 2 N–H and O–H groups in total. The van der Waals surface area contributed by atoms with Crippen LogP contribution in [0.4, 0.5) is 17.5 Å². The number of likely N-dealkylation sites (N-methyl/N-ethyl adjacent to an activating group) is 1. The van der Waals surface area contributed by atoms with E-state index in [0.717, 1.165) is 87.1 Å². The van der Waals surface area contributed by atoms with Crippen LogP contribution in [0.1, 0.15) is 67.6 Å². The second-order valence-electron chi connectivity index (χ2n) is 11.6. The lowest BCUT2D eigenvalue weighted by Crippen LogP contribution is -2.45. The third-order valence-corrected chi connectivity index (χ3v) is 9.46. The van der Waals surface area contributed by atoms with Gasteiger partial charge in [0.15, 0.2) is 0 Å². The van der Waals surface area contributed by atoms with Gasteiger partial charge in [-0.05, 0) is 74.3 Å². The topological polar surface area (TPSA) is 116 Å². The number of anilines is 3. The number of hydrogen-bond donors (Lipinski definition) is 2. The van der Waals surface area contributed by atoms with E-state index in [-0.39, 0.29) is 6.04 Å². The van der Waals surface area contributed by atoms with Crippen LogP contribution in [-0.2, 0) is 11.0 Å². The van der Waals surface area contributed by atoms with E-state index in [1.54, 1.807) is 30.7 Å². The molecule has 3 aromatic heterocycles. The van der Waals surface area contributed by atoms with Crippen LogP contribution in [0.25, 0.3) is 11.3 Å². The summed E-state index contributed by atoms with van der Waals surface area (Å²) in [5.74, 6) is 7.27. The molecule has 0 spiro atoms. The highest BCUT2D eigenvalue weighted by atomic mass is 32.2. The van der Waals surface area contributed by atoms with Crippen LogP contribution in [0.3, 0.4) is 0 Å². The number of hydrogen-bond acceptors (Lipinski definition) is 9. The maximum atomic E-state index is 13.2. The number of nitrogens with zero attached hydrogens (tertiary/aromatic N) is 6. The number of nitrogens with one attached hydrogen (secondary N) is 2. The molecule has 1 aliphatic heterocycles. The highest BCUT2D eigenvalue weighted by Gasteiger charge is 2.21. The Labute approximate surface area is 280 Å². The molecule has 4 heterocycles. The quantitative estimate of drug-likeness (QED) is 0.134. The first-order valence-electron chi connectivity index (χ1n) is 16.2. The van der Waals surface area contributed by atoms with Crippen LogP contribution in [0.5, 0.6) is 0 Å². The summed E-state index contributed by atoms with van der Waals surface area (Å²) in [6.07, 6.45) is 11.2. The molecule has 11 heteroatoms. The Morgan fingerprint density at radius 3 is 2.45 bits per heavy atom. The first-order valence-corrected chi connectivity index (χ1v) is 17.3. The van der Waals surface area contributed by atoms with E-state index >= 15 is 0 Å². The Morgan fingerprint density at radius 1 is 0.936 bits per heavy atom. The Hall–Kier alpha value is -4.50. The van der Waals surface area contributed by atoms with Gasteiger partial charge in [0.2, 0.25) is 5.95 Å². The van der Waals surface area contributed by atoms with Gasteiger partial charge in [-0.3, -0.25) is 9.78 Å². The van der Waals surface area contributed by atoms with Crippen LogP contribution in [-0.4, -0.2) is 78.9 Å². The van der Waals surface area contributed by atoms with Gasteiger partial charge in [0.25, 0.3) is 0 Å². The van der Waals surface area contributed by atoms with Gasteiger partial charge in [-0.25, -0.2) is 18.5 Å². The molecular weight excluding hydrogens is 609 g/mol. The number of pyridine rings is 2. The lowest BCUT2D eigenvalue weighted by atomic mass is 10.0. The molecule has 2 unspecified atom stereocenters. The summed E-state index contributed by atoms with van der Waals surface area (Å²) >= 11 is 0. The number of unbranched alkanes of at least 4 members (excludes halogenated alkanes) is 1. The summed E-state index contributed by atoms with van der Waals surface area (Å²) in [7, 11) is 0.838. The molecule has 5 rings (SSSR count). The molecule has 1 aromatic carbocycles. The minimum absolute atomic E-state index is 0.269. The summed E-state index contributed by atoms with van der Waals surface area (Å²) < 4.78 is 15.2. The summed E-state index contributed by atoms with van der Waals surface area (Å²) in [5.41, 5.74) is 4.23. The largest absolute Gasteiger partial charge is 0.367 e. The third kappa shape index (κ3) is 9.51. The van der Waals surface area contributed by atoms with Crippen molar-refractivity contribution in [1.82, 2.24) is 29.1 Å². The minimum Gasteiger partial charge on any atom is -0.367 e. The Kier molecular flexibility index (Phi) is 12.2. The summed E-state index contributed by atoms with van der Waals surface area (Å²) in [6.45, 7) is 7.73. The van der Waals surface area contributed by atoms with Crippen molar-refractivity contribution in [3.05, 3.63) is 83.9 Å². The maximum Gasteiger partial charge on any atom is 0.229 e. The van der Waals surface area contributed by atoms with Gasteiger partial charge in [0.1, 0.15) is 28.8 Å². The Morgan fingerprint density at radius 2 is 1.74 bits per heavy atom. The van der Waals surface area contributed by atoms with Crippen molar-refractivity contribution < 1.29 is 9.00 Å². The second-order valence-corrected chi connectivity index (χ2v) is 13.1. The molecule has 10 nitrogen and oxygen atoms in total. The lowest BCUT2D eigenvalue weighted by molar-refractivity contribution is 0.112. The fraction of sp³-hybridized carbons (Fsp3) is 0.361. The van der Waals surface area contributed by atoms with Gasteiger partial charge in [-0.1, -0.05) is 39.0 Å². The zero-order valence-corrected chi connectivity index (χ0v) is 28.1. The average molecular weight is 651 g/mol. The highest BCUT2D eigenvalue weighted by Crippen LogP contribution is 2.29. The average Bonchev–Trinajstić information content (AvgIpc) is 3.11. The predicted molar refractivity (Wildman–Crippen MR) is 188 cm³/mol. The van der Waals surface area contributed by atoms with E-state index < -0.39 is 11.0 Å². The minimum atomic E-state index is -1.25. The van der Waals surface area contributed by atoms with Crippen LogP contribution in [0.2, 0.25) is 0 Å². The number of aromatic nitrogens is 4. The first kappa shape index (κ1) is 33.9. The molecule has 1 aliphatic rings. The molecule has 4 aromatic rings. The van der Waals surface area contributed by atoms with Crippen molar-refractivity contribution in [2.24, 2.45) is 0 Å². The van der Waals surface area contributed by atoms with Crippen molar-refractivity contribution in [3.8, 4) is 23.1 Å². The maximum absolute atomic E-state index is 13.2. The summed E-state index contributed by atoms with van der Waals surface area (Å²) in [5, 5.41) is 7.02. The van der Waals surface area contributed by atoms with E-state index in [1.165, 1.54) is 0 Å². The van der Waals surface area contributed by atoms with E-state index in [2.05, 4.69) is 58.2 Å². The van der Waals surface area contributed by atoms with Gasteiger partial charge in [-0.2, -0.15) is 4.98 Å². The molecule has 47 heavy (non-hydrogen) atoms. The molecule has 0 amide bonds. The molecule has 0 radical (unpaired) electrons. The normalized spacial score (nSPS) is 14.9. The van der Waals surface area contributed by atoms with Crippen molar-refractivity contribution in [2.75, 3.05) is 43.9 Å². The van der Waals surface area contributed by atoms with Gasteiger partial charge < -0.3 is 15.5 Å². The van der Waals surface area contributed by atoms with Gasteiger partial charge in [-0.15, -0.1) is 0 Å². The molecule has 1 saturated heterocycles. The Bertz CT molecular complexity index is 1710. The van der Waals surface area contributed by atoms with Gasteiger partial charge in [0.05, 0.1) is 16.2 Å². The fourth-order valence-corrected chi connectivity index (χ4v) is 6.38. The van der Waals surface area contributed by atoms with Crippen molar-refractivity contribution in [1.29, 1.82) is 0 Å². The van der Waals surface area contributed by atoms with Gasteiger partial charge >= 0.3 is 0 Å². The monoisotopic (exact) mass is 650 g/mol. The molecular formula is C36H42N8O2S. The molecule has 2 atom stereocenters. The second kappa shape index (κ2) is 16.9. The van der Waals surface area contributed by atoms with E-state index in [1.807, 2.05) is 40.7 Å². The van der Waals surface area contributed by atoms with Crippen LogP contribution in [0.15, 0.2) is 72.0 Å². The standard InChI is InChI=1S/C36H42N8O2S/c1-4-6-8-29(7-5-2)40-35-33(34-16-15-32(24-38-34)47(46)44-21-19-43(3)20-22-44)25-39-36(42-35)41-30-12-9-27(10-13-30)11-14-31-23-28(26-45)17-18-37-31/h9-10,12-13,15-18,23-26,29H,4-8,19-22H2,1-3H3,(H2,39,40,41,42). The number of benzene rings is 1. The number of carbonyl (C=O) groups is 1. The molecule has 0 aliphatic carbocycles. The predicted octanol–water partition coefficient (Wildman–Crippen LogP) is 5.93. The Balaban J connectivity index is 1.35. The number of aldehydes is 1. The first-order chi connectivity index (χ1) is 22.9. The number of piperazine rings is 1. The van der Waals surface area contributed by atoms with Crippen molar-refractivity contribution in [2.45, 2.75) is 56.9 Å². The lowest BCUT2D eigenvalue weighted by Gasteiger charge is -2.31. The highest BCUT2D eigenvalue weighted by molar-refractivity contribution is 7.82. The van der Waals surface area contributed by atoms with Crippen LogP contribution >= 0.6 is 0 Å². The molecule has 244 valence electrons. The number of carbonyl (C=O) groups excluding carboxylic acids is 1. The SMILES string of the molecule is CCCCC(CCC)Nc1nc(Nc2ccc(C#Cc3cc(C=O)ccn3)cc2)ncc1-c1ccc(S(=O)N2CCN(C)CC2)cn1. The van der Waals surface area contributed by atoms with Crippen LogP contribution in [0, 0.1) is 11.8 Å². The van der Waals surface area contributed by atoms with Crippen molar-refractivity contribution in [3.63, 3.8) is 0 Å². The van der Waals surface area contributed by atoms with Crippen LogP contribution < -0.4 is 10.6 Å². The third-order valence-electron chi connectivity index (χ3n) is 7.98. The molecule has 0 saturated carbocycles. The van der Waals surface area contributed by atoms with E-state index in [4.69, 9.17) is 9.97 Å². The van der Waals surface area contributed by atoms with Crippen molar-refractivity contribution >= 4 is 34.7 Å². The van der Waals surface area contributed by atoms with E-state index in [0.29, 0.717) is 27.9 Å². The smallest absolute Gasteiger partial charge is 0.229 e. The van der Waals surface area contributed by atoms with Gasteiger partial charge in [0, 0.05) is 67.6 Å². The zero-order chi connectivity index (χ0) is 33.0. The molecule has 0 bridgehead atoms. The summed E-state index contributed by atoms with van der Waals surface area (Å²) in [4.78, 5) is 32.5. The fourth-order valence-electron chi connectivity index (χ4n) is 5.26. The summed E-state index contributed by atoms with van der Waals surface area (Å²) in [6, 6.07) is 15.0. The van der Waals surface area contributed by atoms with E-state index in [9.17, 15) is 9.00 Å². The number of rotatable bonds is 13. The molecule has 1 fully saturated rings.